The van der Waals surface area contributed by atoms with E-state index in [9.17, 15) is 9.82 Å². The van der Waals surface area contributed by atoms with E-state index in [1.807, 2.05) is 48.7 Å². The molecule has 0 unspecified atom stereocenters. The van der Waals surface area contributed by atoms with E-state index in [2.05, 4.69) is 4.98 Å². The summed E-state index contributed by atoms with van der Waals surface area (Å²) in [6.45, 7) is 0.604. The lowest BCUT2D eigenvalue weighted by molar-refractivity contribution is -0.119. The number of hydrogen-bond donors (Lipinski definition) is 2. The van der Waals surface area contributed by atoms with Gasteiger partial charge in [0.15, 0.2) is 0 Å². The van der Waals surface area contributed by atoms with Gasteiger partial charge in [-0.1, -0.05) is 36.4 Å². The number of ketones is 1. The van der Waals surface area contributed by atoms with Crippen LogP contribution < -0.4 is 11.2 Å². The van der Waals surface area contributed by atoms with Gasteiger partial charge in [0, 0.05) is 30.7 Å². The molecule has 5 nitrogen and oxygen atoms in total. The first kappa shape index (κ1) is 16.9. The van der Waals surface area contributed by atoms with Gasteiger partial charge in [-0.05, 0) is 33.6 Å². The van der Waals surface area contributed by atoms with Crippen LogP contribution in [-0.4, -0.2) is 29.5 Å². The standard InChI is InChI=1S/C20H19BN2O3/c22-10-18(15-3-4-19-17(9-15)12-26-21(19)25)20(24)8-13-1-2-16-11-23-6-5-14(16)7-13/h1-7,9,11,18,25H,8,10,12,22H2/t18-/m1/s1. The van der Waals surface area contributed by atoms with Gasteiger partial charge in [0.1, 0.15) is 5.78 Å². The topological polar surface area (TPSA) is 85.4 Å². The number of hydrogen-bond acceptors (Lipinski definition) is 5. The highest BCUT2D eigenvalue weighted by molar-refractivity contribution is 6.61. The van der Waals surface area contributed by atoms with E-state index in [4.69, 9.17) is 10.4 Å². The molecule has 26 heavy (non-hydrogen) atoms. The quantitative estimate of drug-likeness (QED) is 0.681. The third-order valence-corrected chi connectivity index (χ3v) is 4.94. The molecule has 3 N–H and O–H groups in total. The minimum absolute atomic E-state index is 0.0836. The van der Waals surface area contributed by atoms with Crippen molar-refractivity contribution in [3.05, 3.63) is 71.5 Å². The predicted molar refractivity (Wildman–Crippen MR) is 101 cm³/mol. The van der Waals surface area contributed by atoms with Crippen molar-refractivity contribution >= 4 is 29.1 Å². The molecule has 1 atom stereocenters. The van der Waals surface area contributed by atoms with Gasteiger partial charge in [-0.15, -0.1) is 0 Å². The van der Waals surface area contributed by atoms with Gasteiger partial charge in [0.05, 0.1) is 12.5 Å². The van der Waals surface area contributed by atoms with Crippen LogP contribution in [0.5, 0.6) is 0 Å². The highest BCUT2D eigenvalue weighted by Crippen LogP contribution is 2.22. The normalized spacial score (nSPS) is 14.5. The molecule has 1 aromatic heterocycles. The van der Waals surface area contributed by atoms with E-state index < -0.39 is 7.12 Å². The number of nitrogens with two attached hydrogens (primary N) is 1. The summed E-state index contributed by atoms with van der Waals surface area (Å²) in [4.78, 5) is 17.0. The Bertz CT molecular complexity index is 976. The van der Waals surface area contributed by atoms with Crippen LogP contribution in [0.25, 0.3) is 10.8 Å². The first-order chi connectivity index (χ1) is 12.7. The van der Waals surface area contributed by atoms with Crippen molar-refractivity contribution in [3.8, 4) is 0 Å². The van der Waals surface area contributed by atoms with Crippen LogP contribution in [0.1, 0.15) is 22.6 Å². The molecule has 2 aromatic carbocycles. The van der Waals surface area contributed by atoms with E-state index >= 15 is 0 Å². The Morgan fingerprint density at radius 1 is 1.23 bits per heavy atom. The summed E-state index contributed by atoms with van der Waals surface area (Å²) < 4.78 is 5.22. The maximum atomic E-state index is 12.9. The molecule has 6 heteroatoms. The fraction of sp³-hybridized carbons (Fsp3) is 0.200. The Morgan fingerprint density at radius 3 is 2.96 bits per heavy atom. The molecule has 0 bridgehead atoms. The molecule has 0 saturated carbocycles. The zero-order chi connectivity index (χ0) is 18.1. The largest absolute Gasteiger partial charge is 0.491 e. The van der Waals surface area contributed by atoms with Gasteiger partial charge in [0.25, 0.3) is 0 Å². The SMILES string of the molecule is NC[C@@H](C(=O)Cc1ccc2cnccc2c1)c1ccc2c(c1)COB2O. The number of carbonyl (C=O) groups is 1. The fourth-order valence-corrected chi connectivity index (χ4v) is 3.49. The summed E-state index contributed by atoms with van der Waals surface area (Å²) in [5, 5.41) is 11.9. The second-order valence-electron chi connectivity index (χ2n) is 6.61. The van der Waals surface area contributed by atoms with Gasteiger partial charge in [-0.25, -0.2) is 0 Å². The lowest BCUT2D eigenvalue weighted by atomic mass is 9.78. The average Bonchev–Trinajstić information content (AvgIpc) is 3.03. The molecular weight excluding hydrogens is 327 g/mol. The van der Waals surface area contributed by atoms with Crippen LogP contribution in [-0.2, 0) is 22.5 Å². The van der Waals surface area contributed by atoms with Gasteiger partial charge in [-0.2, -0.15) is 0 Å². The molecule has 0 aliphatic carbocycles. The molecule has 0 saturated heterocycles. The first-order valence-corrected chi connectivity index (χ1v) is 8.63. The molecule has 1 aliphatic heterocycles. The maximum absolute atomic E-state index is 12.9. The molecule has 130 valence electrons. The van der Waals surface area contributed by atoms with Crippen molar-refractivity contribution in [1.82, 2.24) is 4.98 Å². The van der Waals surface area contributed by atoms with E-state index in [0.717, 1.165) is 32.9 Å². The highest BCUT2D eigenvalue weighted by atomic mass is 16.5. The number of Topliss-reactive ketones (excluding diaryl/α,β-unsaturated/α-hetero) is 1. The predicted octanol–water partition coefficient (Wildman–Crippen LogP) is 1.31. The van der Waals surface area contributed by atoms with Gasteiger partial charge in [-0.3, -0.25) is 9.78 Å². The van der Waals surface area contributed by atoms with Crippen LogP contribution in [0.15, 0.2) is 54.9 Å². The van der Waals surface area contributed by atoms with Crippen molar-refractivity contribution < 1.29 is 14.5 Å². The summed E-state index contributed by atoms with van der Waals surface area (Å²) in [6, 6.07) is 13.5. The van der Waals surface area contributed by atoms with Crippen LogP contribution >= 0.6 is 0 Å². The Balaban J connectivity index is 1.57. The minimum Gasteiger partial charge on any atom is -0.423 e. The molecule has 4 rings (SSSR count). The third-order valence-electron chi connectivity index (χ3n) is 4.94. The zero-order valence-corrected chi connectivity index (χ0v) is 14.3. The van der Waals surface area contributed by atoms with E-state index in [-0.39, 0.29) is 18.2 Å². The Morgan fingerprint density at radius 2 is 2.12 bits per heavy atom. The second kappa shape index (κ2) is 7.00. The molecule has 0 amide bonds. The number of pyridine rings is 1. The maximum Gasteiger partial charge on any atom is 0.491 e. The molecule has 2 heterocycles. The highest BCUT2D eigenvalue weighted by Gasteiger charge is 2.29. The van der Waals surface area contributed by atoms with Crippen molar-refractivity contribution in [3.63, 3.8) is 0 Å². The van der Waals surface area contributed by atoms with E-state index in [1.54, 1.807) is 6.20 Å². The molecule has 0 fully saturated rings. The van der Waals surface area contributed by atoms with Crippen LogP contribution in [0.4, 0.5) is 0 Å². The monoisotopic (exact) mass is 346 g/mol. The van der Waals surface area contributed by atoms with E-state index in [1.165, 1.54) is 0 Å². The molecule has 0 radical (unpaired) electrons. The van der Waals surface area contributed by atoms with Gasteiger partial charge < -0.3 is 15.4 Å². The molecular formula is C20H19BN2O3. The molecule has 3 aromatic rings. The fourth-order valence-electron chi connectivity index (χ4n) is 3.49. The summed E-state index contributed by atoms with van der Waals surface area (Å²) in [5.41, 5.74) is 9.43. The second-order valence-corrected chi connectivity index (χ2v) is 6.61. The Hall–Kier alpha value is -2.54. The summed E-state index contributed by atoms with van der Waals surface area (Å²) in [6.07, 6.45) is 3.89. The number of fused-ring (bicyclic) bond motifs is 2. The Labute approximate surface area is 152 Å². The van der Waals surface area contributed by atoms with Gasteiger partial charge in [0.2, 0.25) is 0 Å². The third kappa shape index (κ3) is 3.14. The number of rotatable bonds is 5. The van der Waals surface area contributed by atoms with Crippen molar-refractivity contribution in [2.75, 3.05) is 6.54 Å². The smallest absolute Gasteiger partial charge is 0.423 e. The average molecular weight is 346 g/mol. The van der Waals surface area contributed by atoms with Crippen molar-refractivity contribution in [2.24, 2.45) is 5.73 Å². The number of carbonyl (C=O) groups excluding carboxylic acids is 1. The Kier molecular flexibility index (Phi) is 4.55. The molecule has 0 spiro atoms. The lowest BCUT2D eigenvalue weighted by Gasteiger charge is -2.15. The zero-order valence-electron chi connectivity index (χ0n) is 14.3. The summed E-state index contributed by atoms with van der Waals surface area (Å²) in [5.74, 6) is -0.286. The van der Waals surface area contributed by atoms with Crippen LogP contribution in [0.2, 0.25) is 0 Å². The van der Waals surface area contributed by atoms with Gasteiger partial charge >= 0.3 is 7.12 Å². The summed E-state index contributed by atoms with van der Waals surface area (Å²) >= 11 is 0. The minimum atomic E-state index is -0.877. The van der Waals surface area contributed by atoms with Crippen molar-refractivity contribution in [1.29, 1.82) is 0 Å². The first-order valence-electron chi connectivity index (χ1n) is 8.63. The number of aromatic nitrogens is 1. The number of benzene rings is 2. The lowest BCUT2D eigenvalue weighted by Crippen LogP contribution is -2.29. The molecule has 1 aliphatic rings. The summed E-state index contributed by atoms with van der Waals surface area (Å²) in [7, 11) is -0.877. The van der Waals surface area contributed by atoms with Crippen LogP contribution in [0.3, 0.4) is 0 Å². The number of nitrogens with zero attached hydrogens (tertiary/aromatic N) is 1. The van der Waals surface area contributed by atoms with E-state index in [0.29, 0.717) is 13.0 Å². The van der Waals surface area contributed by atoms with Crippen LogP contribution in [0, 0.1) is 0 Å². The van der Waals surface area contributed by atoms with Crippen molar-refractivity contribution in [2.45, 2.75) is 18.9 Å².